The van der Waals surface area contributed by atoms with Crippen LogP contribution in [0.1, 0.15) is 290 Å². The third-order valence-electron chi connectivity index (χ3n) is 11.6. The maximum absolute atomic E-state index is 12.7. The molecule has 0 aromatic rings. The van der Waals surface area contributed by atoms with Crippen LogP contribution in [-0.2, 0) is 28.6 Å². The van der Waals surface area contributed by atoms with E-state index in [1.54, 1.807) is 0 Å². The molecule has 6 nitrogen and oxygen atoms in total. The van der Waals surface area contributed by atoms with Gasteiger partial charge >= 0.3 is 17.9 Å². The van der Waals surface area contributed by atoms with Crippen molar-refractivity contribution >= 4 is 17.9 Å². The molecule has 0 aromatic carbocycles. The molecule has 0 aromatic heterocycles. The molecule has 0 saturated heterocycles. The fourth-order valence-corrected chi connectivity index (χ4v) is 7.74. The lowest BCUT2D eigenvalue weighted by atomic mass is 10.0. The Kier molecular flexibility index (Phi) is 45.8. The first kappa shape index (κ1) is 55.4. The second kappa shape index (κ2) is 47.1. The van der Waals surface area contributed by atoms with Crippen molar-refractivity contribution in [2.45, 2.75) is 297 Å². The fourth-order valence-electron chi connectivity index (χ4n) is 7.74. The highest BCUT2D eigenvalue weighted by atomic mass is 16.6. The zero-order valence-corrected chi connectivity index (χ0v) is 38.6. The van der Waals surface area contributed by atoms with E-state index in [0.717, 1.165) is 57.8 Å². The minimum atomic E-state index is -0.758. The molecule has 0 bridgehead atoms. The number of esters is 3. The smallest absolute Gasteiger partial charge is 0.306 e. The Morgan fingerprint density at radius 3 is 0.702 bits per heavy atom. The number of rotatable bonds is 47. The molecule has 0 spiro atoms. The summed E-state index contributed by atoms with van der Waals surface area (Å²) in [6.45, 7) is 6.66. The van der Waals surface area contributed by atoms with E-state index in [1.165, 1.54) is 193 Å². The Balaban J connectivity index is 4.25. The SMILES string of the molecule is CCCCCCCCCCCCCCCCCCCC(=O)OC[C@@H](COC(=O)CCCCCCCCCCCCC)OC(=O)CCCCCCCCCCCCC. The standard InChI is InChI=1S/C51H98O6/c1-4-7-10-13-16-19-22-23-24-25-26-27-30-32-35-38-41-44-50(53)56-47-48(57-51(54)45-42-39-36-33-29-21-18-15-12-9-6-3)46-55-49(52)43-40-37-34-31-28-20-17-14-11-8-5-2/h48H,4-47H2,1-3H3/t48-/m1/s1. The third kappa shape index (κ3) is 45.3. The van der Waals surface area contributed by atoms with E-state index in [1.807, 2.05) is 0 Å². The lowest BCUT2D eigenvalue weighted by Crippen LogP contribution is -2.30. The van der Waals surface area contributed by atoms with Crippen molar-refractivity contribution < 1.29 is 28.6 Å². The monoisotopic (exact) mass is 807 g/mol. The van der Waals surface area contributed by atoms with Gasteiger partial charge in [-0.15, -0.1) is 0 Å². The van der Waals surface area contributed by atoms with Gasteiger partial charge in [-0.3, -0.25) is 14.4 Å². The van der Waals surface area contributed by atoms with E-state index in [9.17, 15) is 14.4 Å². The lowest BCUT2D eigenvalue weighted by molar-refractivity contribution is -0.167. The number of hydrogen-bond acceptors (Lipinski definition) is 6. The van der Waals surface area contributed by atoms with Gasteiger partial charge in [-0.2, -0.15) is 0 Å². The van der Waals surface area contributed by atoms with Crippen LogP contribution >= 0.6 is 0 Å². The summed E-state index contributed by atoms with van der Waals surface area (Å²) in [5.74, 6) is -0.844. The van der Waals surface area contributed by atoms with Gasteiger partial charge in [0.15, 0.2) is 6.10 Å². The molecule has 0 heterocycles. The number of ether oxygens (including phenoxy) is 3. The van der Waals surface area contributed by atoms with Gasteiger partial charge in [-0.1, -0.05) is 252 Å². The highest BCUT2D eigenvalue weighted by Gasteiger charge is 2.19. The van der Waals surface area contributed by atoms with E-state index < -0.39 is 6.10 Å². The average molecular weight is 807 g/mol. The summed E-state index contributed by atoms with van der Waals surface area (Å²) >= 11 is 0. The summed E-state index contributed by atoms with van der Waals surface area (Å²) in [6.07, 6.45) is 49.4. The molecule has 0 fully saturated rings. The van der Waals surface area contributed by atoms with Crippen molar-refractivity contribution in [3.63, 3.8) is 0 Å². The predicted octanol–water partition coefficient (Wildman–Crippen LogP) is 16.4. The Hall–Kier alpha value is -1.59. The van der Waals surface area contributed by atoms with Gasteiger partial charge in [0.05, 0.1) is 0 Å². The van der Waals surface area contributed by atoms with Crippen molar-refractivity contribution in [2.24, 2.45) is 0 Å². The molecule has 0 saturated carbocycles. The topological polar surface area (TPSA) is 78.9 Å². The van der Waals surface area contributed by atoms with Gasteiger partial charge in [0, 0.05) is 19.3 Å². The van der Waals surface area contributed by atoms with E-state index in [2.05, 4.69) is 20.8 Å². The maximum Gasteiger partial charge on any atom is 0.306 e. The van der Waals surface area contributed by atoms with Crippen molar-refractivity contribution in [1.29, 1.82) is 0 Å². The summed E-state index contributed by atoms with van der Waals surface area (Å²) in [7, 11) is 0. The molecular weight excluding hydrogens is 709 g/mol. The molecule has 6 heteroatoms. The number of unbranched alkanes of at least 4 members (excludes halogenated alkanes) is 36. The first-order valence-corrected chi connectivity index (χ1v) is 25.5. The Labute approximate surface area is 355 Å². The van der Waals surface area contributed by atoms with E-state index in [-0.39, 0.29) is 31.1 Å². The van der Waals surface area contributed by atoms with Crippen LogP contribution in [0.4, 0.5) is 0 Å². The van der Waals surface area contributed by atoms with Gasteiger partial charge in [0.25, 0.3) is 0 Å². The van der Waals surface area contributed by atoms with Crippen LogP contribution in [0.15, 0.2) is 0 Å². The molecule has 0 unspecified atom stereocenters. The van der Waals surface area contributed by atoms with Crippen molar-refractivity contribution in [3.8, 4) is 0 Å². The molecule has 0 rings (SSSR count). The molecule has 57 heavy (non-hydrogen) atoms. The number of hydrogen-bond donors (Lipinski definition) is 0. The quantitative estimate of drug-likeness (QED) is 0.0346. The van der Waals surface area contributed by atoms with Gasteiger partial charge in [0.1, 0.15) is 13.2 Å². The zero-order valence-electron chi connectivity index (χ0n) is 38.6. The fraction of sp³-hybridized carbons (Fsp3) is 0.941. The van der Waals surface area contributed by atoms with Crippen molar-refractivity contribution in [3.05, 3.63) is 0 Å². The van der Waals surface area contributed by atoms with Gasteiger partial charge < -0.3 is 14.2 Å². The van der Waals surface area contributed by atoms with Crippen molar-refractivity contribution in [1.82, 2.24) is 0 Å². The van der Waals surface area contributed by atoms with E-state index >= 15 is 0 Å². The van der Waals surface area contributed by atoms with Gasteiger partial charge in [-0.25, -0.2) is 0 Å². The van der Waals surface area contributed by atoms with E-state index in [4.69, 9.17) is 14.2 Å². The largest absolute Gasteiger partial charge is 0.462 e. The summed E-state index contributed by atoms with van der Waals surface area (Å²) in [6, 6.07) is 0. The lowest BCUT2D eigenvalue weighted by Gasteiger charge is -2.18. The molecule has 0 N–H and O–H groups in total. The van der Waals surface area contributed by atoms with E-state index in [0.29, 0.717) is 19.3 Å². The Bertz CT molecular complexity index is 844. The normalized spacial score (nSPS) is 11.8. The molecule has 0 amide bonds. The highest BCUT2D eigenvalue weighted by molar-refractivity contribution is 5.71. The predicted molar refractivity (Wildman–Crippen MR) is 243 cm³/mol. The molecular formula is C51H98O6. The molecule has 338 valence electrons. The first-order valence-electron chi connectivity index (χ1n) is 25.5. The summed E-state index contributed by atoms with van der Waals surface area (Å²) in [4.78, 5) is 37.8. The van der Waals surface area contributed by atoms with Crippen LogP contribution in [0.2, 0.25) is 0 Å². The summed E-state index contributed by atoms with van der Waals surface area (Å²) in [5, 5.41) is 0. The second-order valence-electron chi connectivity index (χ2n) is 17.5. The molecule has 0 aliphatic heterocycles. The molecule has 0 aliphatic carbocycles. The first-order chi connectivity index (χ1) is 28.0. The van der Waals surface area contributed by atoms with Crippen LogP contribution in [0.5, 0.6) is 0 Å². The van der Waals surface area contributed by atoms with Crippen LogP contribution < -0.4 is 0 Å². The Morgan fingerprint density at radius 2 is 0.474 bits per heavy atom. The van der Waals surface area contributed by atoms with Crippen LogP contribution in [-0.4, -0.2) is 37.2 Å². The maximum atomic E-state index is 12.7. The summed E-state index contributed by atoms with van der Waals surface area (Å²) < 4.78 is 16.8. The highest BCUT2D eigenvalue weighted by Crippen LogP contribution is 2.17. The molecule has 0 aliphatic rings. The zero-order chi connectivity index (χ0) is 41.5. The number of carbonyl (C=O) groups excluding carboxylic acids is 3. The van der Waals surface area contributed by atoms with Crippen LogP contribution in [0.25, 0.3) is 0 Å². The van der Waals surface area contributed by atoms with Crippen molar-refractivity contribution in [2.75, 3.05) is 13.2 Å². The second-order valence-corrected chi connectivity index (χ2v) is 17.5. The van der Waals surface area contributed by atoms with Gasteiger partial charge in [0.2, 0.25) is 0 Å². The average Bonchev–Trinajstić information content (AvgIpc) is 3.21. The molecule has 0 radical (unpaired) electrons. The molecule has 1 atom stereocenters. The number of carbonyl (C=O) groups is 3. The minimum absolute atomic E-state index is 0.0620. The Morgan fingerprint density at radius 1 is 0.281 bits per heavy atom. The van der Waals surface area contributed by atoms with Crippen LogP contribution in [0.3, 0.4) is 0 Å². The minimum Gasteiger partial charge on any atom is -0.462 e. The third-order valence-corrected chi connectivity index (χ3v) is 11.6. The summed E-state index contributed by atoms with van der Waals surface area (Å²) in [5.41, 5.74) is 0. The van der Waals surface area contributed by atoms with Gasteiger partial charge in [-0.05, 0) is 19.3 Å². The van der Waals surface area contributed by atoms with Crippen LogP contribution in [0, 0.1) is 0 Å².